The van der Waals surface area contributed by atoms with Crippen LogP contribution in [-0.2, 0) is 7.05 Å². The van der Waals surface area contributed by atoms with Crippen molar-refractivity contribution in [1.29, 1.82) is 0 Å². The van der Waals surface area contributed by atoms with Gasteiger partial charge >= 0.3 is 0 Å². The van der Waals surface area contributed by atoms with Crippen LogP contribution in [0.2, 0.25) is 0 Å². The van der Waals surface area contributed by atoms with Crippen LogP contribution in [0.3, 0.4) is 0 Å². The fourth-order valence-corrected chi connectivity index (χ4v) is 4.90. The van der Waals surface area contributed by atoms with Crippen LogP contribution in [0, 0.1) is 6.92 Å². The first-order valence-corrected chi connectivity index (χ1v) is 8.76. The zero-order chi connectivity index (χ0) is 15.1. The van der Waals surface area contributed by atoms with E-state index < -0.39 is 0 Å². The maximum atomic E-state index is 4.50. The van der Waals surface area contributed by atoms with Crippen molar-refractivity contribution in [2.24, 2.45) is 7.05 Å². The largest absolute Gasteiger partial charge is 0.248 e. The first-order valence-electron chi connectivity index (χ1n) is 7.13. The molecule has 0 saturated heterocycles. The molecule has 0 aliphatic carbocycles. The summed E-state index contributed by atoms with van der Waals surface area (Å²) in [6.45, 7) is 2.19. The average Bonchev–Trinajstić information content (AvgIpc) is 2.53. The molecule has 2 nitrogen and oxygen atoms in total. The molecule has 0 atom stereocenters. The molecule has 4 rings (SSSR count). The molecule has 108 valence electrons. The van der Waals surface area contributed by atoms with Crippen LogP contribution in [0.4, 0.5) is 0 Å². The van der Waals surface area contributed by atoms with Crippen molar-refractivity contribution in [2.45, 2.75) is 26.6 Å². The Kier molecular flexibility index (Phi) is 3.43. The molecule has 0 N–H and O–H groups in total. The van der Waals surface area contributed by atoms with Crippen LogP contribution in [0.25, 0.3) is 11.3 Å². The first-order chi connectivity index (χ1) is 10.7. The monoisotopic (exact) mass is 323 g/mol. The van der Waals surface area contributed by atoms with E-state index in [0.717, 1.165) is 5.03 Å². The smallest absolute Gasteiger partial charge is 0.212 e. The normalized spacial score (nSPS) is 12.6. The Morgan fingerprint density at radius 1 is 0.955 bits per heavy atom. The average molecular weight is 323 g/mol. The van der Waals surface area contributed by atoms with Crippen LogP contribution in [0.1, 0.15) is 5.56 Å². The van der Waals surface area contributed by atoms with Crippen LogP contribution < -0.4 is 4.57 Å². The molecule has 0 spiro atoms. The predicted octanol–water partition coefficient (Wildman–Crippen LogP) is 4.50. The van der Waals surface area contributed by atoms with Crippen LogP contribution in [0.5, 0.6) is 0 Å². The lowest BCUT2D eigenvalue weighted by Crippen LogP contribution is -2.30. The Hall–Kier alpha value is -1.78. The van der Waals surface area contributed by atoms with Gasteiger partial charge in [-0.25, -0.2) is 9.55 Å². The summed E-state index contributed by atoms with van der Waals surface area (Å²) in [6, 6.07) is 15.1. The maximum Gasteiger partial charge on any atom is 0.212 e. The van der Waals surface area contributed by atoms with E-state index in [1.807, 2.05) is 24.0 Å². The highest BCUT2D eigenvalue weighted by molar-refractivity contribution is 8.05. The summed E-state index contributed by atoms with van der Waals surface area (Å²) in [5.74, 6) is 0. The fourth-order valence-electron chi connectivity index (χ4n) is 2.65. The number of aryl methyl sites for hydroxylation is 2. The molecule has 4 heteroatoms. The van der Waals surface area contributed by atoms with Gasteiger partial charge in [-0.3, -0.25) is 0 Å². The molecule has 22 heavy (non-hydrogen) atoms. The third-order valence-corrected chi connectivity index (χ3v) is 6.23. The van der Waals surface area contributed by atoms with Gasteiger partial charge in [-0.05, 0) is 42.8 Å². The Balaban J connectivity index is 1.84. The Bertz CT molecular complexity index is 875. The molecule has 3 aromatic rings. The molecule has 0 saturated carbocycles. The van der Waals surface area contributed by atoms with Gasteiger partial charge in [-0.1, -0.05) is 23.5 Å². The molecule has 2 aromatic heterocycles. The van der Waals surface area contributed by atoms with E-state index in [4.69, 9.17) is 0 Å². The van der Waals surface area contributed by atoms with Gasteiger partial charge < -0.3 is 0 Å². The minimum absolute atomic E-state index is 1.10. The second-order valence-electron chi connectivity index (χ2n) is 5.32. The quantitative estimate of drug-likeness (QED) is 0.480. The van der Waals surface area contributed by atoms with E-state index in [1.54, 1.807) is 11.8 Å². The molecule has 0 radical (unpaired) electrons. The SMILES string of the molecule is Cc1cc2c(cc1-c1cccc[n+]1C)Sc1ncccc1S2. The summed E-state index contributed by atoms with van der Waals surface area (Å²) in [6.07, 6.45) is 3.96. The number of fused-ring (bicyclic) bond motifs is 2. The molecule has 3 heterocycles. The fraction of sp³-hybridized carbons (Fsp3) is 0.111. The van der Waals surface area contributed by atoms with E-state index in [0.29, 0.717) is 0 Å². The van der Waals surface area contributed by atoms with E-state index in [-0.39, 0.29) is 0 Å². The molecular formula is C18H15N2S2+. The zero-order valence-corrected chi connectivity index (χ0v) is 14.0. The van der Waals surface area contributed by atoms with Crippen molar-refractivity contribution in [3.05, 3.63) is 60.4 Å². The van der Waals surface area contributed by atoms with Crippen molar-refractivity contribution >= 4 is 23.5 Å². The van der Waals surface area contributed by atoms with Crippen molar-refractivity contribution in [3.8, 4) is 11.3 Å². The van der Waals surface area contributed by atoms with Crippen molar-refractivity contribution in [2.75, 3.05) is 0 Å². The summed E-state index contributed by atoms with van der Waals surface area (Å²) in [7, 11) is 2.09. The molecule has 0 bridgehead atoms. The summed E-state index contributed by atoms with van der Waals surface area (Å²) < 4.78 is 2.17. The van der Waals surface area contributed by atoms with Gasteiger partial charge in [0.15, 0.2) is 6.20 Å². The lowest BCUT2D eigenvalue weighted by Gasteiger charge is -2.18. The van der Waals surface area contributed by atoms with Crippen LogP contribution in [-0.4, -0.2) is 4.98 Å². The highest BCUT2D eigenvalue weighted by atomic mass is 32.2. The zero-order valence-electron chi connectivity index (χ0n) is 12.4. The second kappa shape index (κ2) is 5.45. The van der Waals surface area contributed by atoms with E-state index in [2.05, 4.69) is 66.1 Å². The number of rotatable bonds is 1. The number of nitrogens with zero attached hydrogens (tertiary/aromatic N) is 2. The summed E-state index contributed by atoms with van der Waals surface area (Å²) in [4.78, 5) is 8.36. The number of hydrogen-bond acceptors (Lipinski definition) is 3. The van der Waals surface area contributed by atoms with E-state index in [9.17, 15) is 0 Å². The number of aromatic nitrogens is 2. The number of benzene rings is 1. The maximum absolute atomic E-state index is 4.50. The predicted molar refractivity (Wildman–Crippen MR) is 90.3 cm³/mol. The van der Waals surface area contributed by atoms with Gasteiger partial charge in [0.05, 0.1) is 5.56 Å². The van der Waals surface area contributed by atoms with Crippen molar-refractivity contribution < 1.29 is 4.57 Å². The lowest BCUT2D eigenvalue weighted by molar-refractivity contribution is -0.660. The Morgan fingerprint density at radius 3 is 2.68 bits per heavy atom. The number of pyridine rings is 2. The van der Waals surface area contributed by atoms with E-state index in [1.165, 1.54) is 31.5 Å². The first kappa shape index (κ1) is 13.9. The minimum Gasteiger partial charge on any atom is -0.248 e. The summed E-state index contributed by atoms with van der Waals surface area (Å²) in [5.41, 5.74) is 3.83. The van der Waals surface area contributed by atoms with Crippen molar-refractivity contribution in [1.82, 2.24) is 4.98 Å². The third kappa shape index (κ3) is 2.32. The highest BCUT2D eigenvalue weighted by Gasteiger charge is 2.21. The van der Waals surface area contributed by atoms with Gasteiger partial charge in [0, 0.05) is 33.0 Å². The van der Waals surface area contributed by atoms with Gasteiger partial charge in [0.2, 0.25) is 5.69 Å². The van der Waals surface area contributed by atoms with Gasteiger partial charge in [-0.15, -0.1) is 0 Å². The summed E-state index contributed by atoms with van der Waals surface area (Å²) >= 11 is 3.58. The highest BCUT2D eigenvalue weighted by Crippen LogP contribution is 2.48. The van der Waals surface area contributed by atoms with Crippen molar-refractivity contribution in [3.63, 3.8) is 0 Å². The third-order valence-electron chi connectivity index (χ3n) is 3.78. The molecular weight excluding hydrogens is 308 g/mol. The molecule has 1 aliphatic heterocycles. The van der Waals surface area contributed by atoms with Crippen LogP contribution >= 0.6 is 23.5 Å². The minimum atomic E-state index is 1.10. The molecule has 1 aliphatic rings. The Labute approximate surface area is 138 Å². The lowest BCUT2D eigenvalue weighted by atomic mass is 10.0. The summed E-state index contributed by atoms with van der Waals surface area (Å²) in [5, 5.41) is 1.10. The second-order valence-corrected chi connectivity index (χ2v) is 7.44. The van der Waals surface area contributed by atoms with Gasteiger partial charge in [0.25, 0.3) is 0 Å². The standard InChI is InChI=1S/C18H15N2S2/c1-12-10-16-17(22-18-15(21-16)7-5-8-19-18)11-13(12)14-6-3-4-9-20(14)2/h3-11H,1-2H3/q+1. The topological polar surface area (TPSA) is 16.8 Å². The van der Waals surface area contributed by atoms with Gasteiger partial charge in [-0.2, -0.15) is 0 Å². The molecule has 1 aromatic carbocycles. The molecule has 0 fully saturated rings. The van der Waals surface area contributed by atoms with E-state index >= 15 is 0 Å². The molecule has 0 unspecified atom stereocenters. The van der Waals surface area contributed by atoms with Crippen LogP contribution in [0.15, 0.2) is 74.6 Å². The molecule has 0 amide bonds. The Morgan fingerprint density at radius 2 is 1.82 bits per heavy atom. The number of hydrogen-bond donors (Lipinski definition) is 0. The van der Waals surface area contributed by atoms with Gasteiger partial charge in [0.1, 0.15) is 12.1 Å².